The van der Waals surface area contributed by atoms with E-state index in [0.717, 1.165) is 24.3 Å². The molecule has 2 heteroatoms. The molecular formula is C19H30O2. The standard InChI is InChI=1S/C19H30O2/c1-14(8-7-11-18(2,3)4)20-16-10-9-15-13-19(5,6)21-17(15)12-16/h9-10,12,14H,7-8,11,13H2,1-6H3. The van der Waals surface area contributed by atoms with Crippen LogP contribution >= 0.6 is 0 Å². The molecule has 118 valence electrons. The van der Waals surface area contributed by atoms with Gasteiger partial charge >= 0.3 is 0 Å². The van der Waals surface area contributed by atoms with Crippen LogP contribution in [0.4, 0.5) is 0 Å². The lowest BCUT2D eigenvalue weighted by Gasteiger charge is -2.20. The first-order chi connectivity index (χ1) is 9.65. The van der Waals surface area contributed by atoms with Crippen molar-refractivity contribution in [3.05, 3.63) is 23.8 Å². The van der Waals surface area contributed by atoms with E-state index in [1.54, 1.807) is 0 Å². The fourth-order valence-corrected chi connectivity index (χ4v) is 2.85. The fraction of sp³-hybridized carbons (Fsp3) is 0.684. The minimum atomic E-state index is -0.0840. The number of ether oxygens (including phenoxy) is 2. The molecule has 2 nitrogen and oxygen atoms in total. The van der Waals surface area contributed by atoms with Crippen LogP contribution < -0.4 is 9.47 Å². The van der Waals surface area contributed by atoms with E-state index in [1.807, 2.05) is 6.07 Å². The van der Waals surface area contributed by atoms with Gasteiger partial charge in [-0.05, 0) is 57.1 Å². The third-order valence-electron chi connectivity index (χ3n) is 3.92. The molecule has 0 aliphatic carbocycles. The van der Waals surface area contributed by atoms with Crippen molar-refractivity contribution in [1.29, 1.82) is 0 Å². The molecule has 1 heterocycles. The zero-order valence-electron chi connectivity index (χ0n) is 14.5. The van der Waals surface area contributed by atoms with Crippen LogP contribution in [0.15, 0.2) is 18.2 Å². The molecule has 0 saturated heterocycles. The minimum Gasteiger partial charge on any atom is -0.491 e. The van der Waals surface area contributed by atoms with Gasteiger partial charge in [0.1, 0.15) is 17.1 Å². The molecule has 0 saturated carbocycles. The van der Waals surface area contributed by atoms with E-state index in [9.17, 15) is 0 Å². The second-order valence-corrected chi connectivity index (χ2v) is 8.19. The van der Waals surface area contributed by atoms with Crippen LogP contribution in [0.1, 0.15) is 66.4 Å². The summed E-state index contributed by atoms with van der Waals surface area (Å²) in [6, 6.07) is 6.26. The van der Waals surface area contributed by atoms with E-state index < -0.39 is 0 Å². The van der Waals surface area contributed by atoms with Crippen molar-refractivity contribution in [2.24, 2.45) is 5.41 Å². The molecular weight excluding hydrogens is 260 g/mol. The lowest BCUT2D eigenvalue weighted by atomic mass is 9.89. The van der Waals surface area contributed by atoms with Crippen molar-refractivity contribution < 1.29 is 9.47 Å². The maximum atomic E-state index is 6.04. The first kappa shape index (κ1) is 16.2. The van der Waals surface area contributed by atoms with Crippen LogP contribution in [0.2, 0.25) is 0 Å². The number of hydrogen-bond acceptors (Lipinski definition) is 2. The van der Waals surface area contributed by atoms with Gasteiger partial charge in [-0.2, -0.15) is 0 Å². The summed E-state index contributed by atoms with van der Waals surface area (Å²) in [6.45, 7) is 13.3. The molecule has 1 unspecified atom stereocenters. The summed E-state index contributed by atoms with van der Waals surface area (Å²) in [7, 11) is 0. The topological polar surface area (TPSA) is 18.5 Å². The maximum absolute atomic E-state index is 6.04. The molecule has 0 aromatic heterocycles. The second-order valence-electron chi connectivity index (χ2n) is 8.19. The van der Waals surface area contributed by atoms with Crippen molar-refractivity contribution in [1.82, 2.24) is 0 Å². The molecule has 1 aromatic rings. The van der Waals surface area contributed by atoms with E-state index in [2.05, 4.69) is 53.7 Å². The number of hydrogen-bond donors (Lipinski definition) is 0. The SMILES string of the molecule is CC(CCCC(C)(C)C)Oc1ccc2c(c1)OC(C)(C)C2. The molecule has 1 aromatic carbocycles. The third-order valence-corrected chi connectivity index (χ3v) is 3.92. The zero-order valence-corrected chi connectivity index (χ0v) is 14.5. The highest BCUT2D eigenvalue weighted by Gasteiger charge is 2.30. The van der Waals surface area contributed by atoms with Crippen LogP contribution in [0.3, 0.4) is 0 Å². The Labute approximate surface area is 129 Å². The van der Waals surface area contributed by atoms with Crippen LogP contribution in [0.25, 0.3) is 0 Å². The average Bonchev–Trinajstić information content (AvgIpc) is 2.60. The van der Waals surface area contributed by atoms with E-state index in [-0.39, 0.29) is 11.7 Å². The summed E-state index contributed by atoms with van der Waals surface area (Å²) in [4.78, 5) is 0. The molecule has 0 N–H and O–H groups in total. The smallest absolute Gasteiger partial charge is 0.127 e. The highest BCUT2D eigenvalue weighted by Crippen LogP contribution is 2.37. The van der Waals surface area contributed by atoms with E-state index >= 15 is 0 Å². The summed E-state index contributed by atoms with van der Waals surface area (Å²) in [5, 5.41) is 0. The third kappa shape index (κ3) is 4.94. The molecule has 1 atom stereocenters. The van der Waals surface area contributed by atoms with Crippen molar-refractivity contribution in [3.8, 4) is 11.5 Å². The normalized spacial score (nSPS) is 18.0. The van der Waals surface area contributed by atoms with Gasteiger partial charge in [0.2, 0.25) is 0 Å². The molecule has 0 fully saturated rings. The summed E-state index contributed by atoms with van der Waals surface area (Å²) in [5.74, 6) is 1.91. The van der Waals surface area contributed by atoms with E-state index in [4.69, 9.17) is 9.47 Å². The first-order valence-electron chi connectivity index (χ1n) is 8.13. The summed E-state index contributed by atoms with van der Waals surface area (Å²) < 4.78 is 12.0. The molecule has 0 amide bonds. The Morgan fingerprint density at radius 3 is 2.67 bits per heavy atom. The fourth-order valence-electron chi connectivity index (χ4n) is 2.85. The van der Waals surface area contributed by atoms with Gasteiger partial charge in [-0.25, -0.2) is 0 Å². The monoisotopic (exact) mass is 290 g/mol. The van der Waals surface area contributed by atoms with Crippen molar-refractivity contribution >= 4 is 0 Å². The maximum Gasteiger partial charge on any atom is 0.127 e. The van der Waals surface area contributed by atoms with Gasteiger partial charge < -0.3 is 9.47 Å². The van der Waals surface area contributed by atoms with Crippen LogP contribution in [0, 0.1) is 5.41 Å². The lowest BCUT2D eigenvalue weighted by Crippen LogP contribution is -2.24. The van der Waals surface area contributed by atoms with Gasteiger partial charge in [-0.3, -0.25) is 0 Å². The van der Waals surface area contributed by atoms with Gasteiger partial charge in [-0.1, -0.05) is 26.8 Å². The molecule has 0 bridgehead atoms. The van der Waals surface area contributed by atoms with Gasteiger partial charge in [0.25, 0.3) is 0 Å². The summed E-state index contributed by atoms with van der Waals surface area (Å²) >= 11 is 0. The molecule has 21 heavy (non-hydrogen) atoms. The Hall–Kier alpha value is -1.18. The van der Waals surface area contributed by atoms with Crippen molar-refractivity contribution in [3.63, 3.8) is 0 Å². The van der Waals surface area contributed by atoms with Crippen LogP contribution in [-0.2, 0) is 6.42 Å². The first-order valence-corrected chi connectivity index (χ1v) is 8.13. The molecule has 1 aliphatic heterocycles. The van der Waals surface area contributed by atoms with Gasteiger partial charge in [-0.15, -0.1) is 0 Å². The van der Waals surface area contributed by atoms with Crippen molar-refractivity contribution in [2.75, 3.05) is 0 Å². The average molecular weight is 290 g/mol. The molecule has 1 aliphatic rings. The highest BCUT2D eigenvalue weighted by atomic mass is 16.5. The number of benzene rings is 1. The Kier molecular flexibility index (Phi) is 4.55. The molecule has 2 rings (SSSR count). The van der Waals surface area contributed by atoms with Crippen LogP contribution in [0.5, 0.6) is 11.5 Å². The van der Waals surface area contributed by atoms with Gasteiger partial charge in [0.05, 0.1) is 6.10 Å². The van der Waals surface area contributed by atoms with E-state index in [1.165, 1.54) is 18.4 Å². The Morgan fingerprint density at radius 2 is 2.00 bits per heavy atom. The van der Waals surface area contributed by atoms with Crippen LogP contribution in [-0.4, -0.2) is 11.7 Å². The van der Waals surface area contributed by atoms with Gasteiger partial charge in [0.15, 0.2) is 0 Å². The Balaban J connectivity index is 1.87. The van der Waals surface area contributed by atoms with Gasteiger partial charge in [0, 0.05) is 12.5 Å². The Morgan fingerprint density at radius 1 is 1.29 bits per heavy atom. The largest absolute Gasteiger partial charge is 0.491 e. The predicted molar refractivity (Wildman–Crippen MR) is 88.2 cm³/mol. The quantitative estimate of drug-likeness (QED) is 0.724. The number of fused-ring (bicyclic) bond motifs is 1. The predicted octanol–water partition coefficient (Wildman–Crippen LogP) is 5.38. The number of rotatable bonds is 5. The molecule has 0 spiro atoms. The highest BCUT2D eigenvalue weighted by molar-refractivity contribution is 5.44. The lowest BCUT2D eigenvalue weighted by molar-refractivity contribution is 0.137. The zero-order chi connectivity index (χ0) is 15.7. The van der Waals surface area contributed by atoms with E-state index in [0.29, 0.717) is 5.41 Å². The minimum absolute atomic E-state index is 0.0840. The molecule has 0 radical (unpaired) electrons. The summed E-state index contributed by atoms with van der Waals surface area (Å²) in [5.41, 5.74) is 1.61. The van der Waals surface area contributed by atoms with Crippen molar-refractivity contribution in [2.45, 2.75) is 78.9 Å². The summed E-state index contributed by atoms with van der Waals surface area (Å²) in [6.07, 6.45) is 4.77. The Bertz CT molecular complexity index is 483. The second kappa shape index (κ2) is 5.90.